The Hall–Kier alpha value is -3.41. The molecule has 0 bridgehead atoms. The minimum atomic E-state index is -1.04. The fourth-order valence-corrected chi connectivity index (χ4v) is 2.57. The van der Waals surface area contributed by atoms with E-state index in [-0.39, 0.29) is 11.5 Å². The van der Waals surface area contributed by atoms with Gasteiger partial charge in [0.05, 0.1) is 17.6 Å². The maximum atomic E-state index is 12.1. The Kier molecular flexibility index (Phi) is 4.89. The van der Waals surface area contributed by atoms with Crippen molar-refractivity contribution in [1.82, 2.24) is 15.1 Å². The summed E-state index contributed by atoms with van der Waals surface area (Å²) in [6, 6.07) is 18.2. The maximum Gasteiger partial charge on any atom is 0.339 e. The zero-order chi connectivity index (χ0) is 17.6. The zero-order valence-electron chi connectivity index (χ0n) is 13.4. The minimum Gasteiger partial charge on any atom is -0.478 e. The van der Waals surface area contributed by atoms with Crippen LogP contribution in [0.2, 0.25) is 0 Å². The van der Waals surface area contributed by atoms with Crippen molar-refractivity contribution in [3.63, 3.8) is 0 Å². The molecule has 25 heavy (non-hydrogen) atoms. The maximum absolute atomic E-state index is 12.1. The smallest absolute Gasteiger partial charge is 0.339 e. The second-order valence-corrected chi connectivity index (χ2v) is 5.43. The molecule has 3 aromatic rings. The van der Waals surface area contributed by atoms with Gasteiger partial charge in [-0.15, -0.1) is 0 Å². The van der Waals surface area contributed by atoms with Crippen molar-refractivity contribution in [2.45, 2.75) is 6.42 Å². The van der Waals surface area contributed by atoms with E-state index in [2.05, 4.69) is 10.4 Å². The van der Waals surface area contributed by atoms with Gasteiger partial charge in [0.1, 0.15) is 5.56 Å². The second-order valence-electron chi connectivity index (χ2n) is 5.43. The molecular formula is C19H17N3O3. The van der Waals surface area contributed by atoms with Crippen molar-refractivity contribution in [1.29, 1.82) is 0 Å². The summed E-state index contributed by atoms with van der Waals surface area (Å²) < 4.78 is 1.60. The topological polar surface area (TPSA) is 84.2 Å². The number of benzene rings is 2. The molecule has 0 aliphatic heterocycles. The van der Waals surface area contributed by atoms with Crippen molar-refractivity contribution in [3.05, 3.63) is 83.7 Å². The predicted molar refractivity (Wildman–Crippen MR) is 93.0 cm³/mol. The molecule has 1 amide bonds. The molecule has 3 rings (SSSR count). The number of rotatable bonds is 6. The van der Waals surface area contributed by atoms with Crippen LogP contribution in [0.3, 0.4) is 0 Å². The van der Waals surface area contributed by atoms with Crippen LogP contribution in [0.5, 0.6) is 0 Å². The van der Waals surface area contributed by atoms with Crippen LogP contribution in [-0.2, 0) is 6.42 Å². The Morgan fingerprint density at radius 3 is 2.28 bits per heavy atom. The van der Waals surface area contributed by atoms with E-state index >= 15 is 0 Å². The fourth-order valence-electron chi connectivity index (χ4n) is 2.57. The van der Waals surface area contributed by atoms with Gasteiger partial charge in [0.2, 0.25) is 0 Å². The first-order valence-corrected chi connectivity index (χ1v) is 7.85. The highest BCUT2D eigenvalue weighted by atomic mass is 16.4. The molecule has 0 fully saturated rings. The summed E-state index contributed by atoms with van der Waals surface area (Å²) in [7, 11) is 0. The van der Waals surface area contributed by atoms with Gasteiger partial charge < -0.3 is 10.4 Å². The number of hydrogen-bond donors (Lipinski definition) is 2. The van der Waals surface area contributed by atoms with Crippen LogP contribution in [0, 0.1) is 0 Å². The molecule has 126 valence electrons. The van der Waals surface area contributed by atoms with Crippen LogP contribution in [-0.4, -0.2) is 33.3 Å². The third kappa shape index (κ3) is 3.74. The Morgan fingerprint density at radius 1 is 1.00 bits per heavy atom. The molecule has 0 radical (unpaired) electrons. The highest BCUT2D eigenvalue weighted by Crippen LogP contribution is 2.15. The van der Waals surface area contributed by atoms with Crippen LogP contribution in [0.15, 0.2) is 66.9 Å². The van der Waals surface area contributed by atoms with Gasteiger partial charge in [0.15, 0.2) is 0 Å². The summed E-state index contributed by atoms with van der Waals surface area (Å²) in [5.41, 5.74) is 2.03. The Morgan fingerprint density at radius 2 is 1.64 bits per heavy atom. The molecule has 0 unspecified atom stereocenters. The lowest BCUT2D eigenvalue weighted by atomic mass is 10.1. The van der Waals surface area contributed by atoms with Crippen molar-refractivity contribution < 1.29 is 14.7 Å². The van der Waals surface area contributed by atoms with Crippen LogP contribution in [0.4, 0.5) is 0 Å². The van der Waals surface area contributed by atoms with Gasteiger partial charge in [0.25, 0.3) is 5.91 Å². The highest BCUT2D eigenvalue weighted by Gasteiger charge is 2.17. The monoisotopic (exact) mass is 335 g/mol. The van der Waals surface area contributed by atoms with E-state index in [4.69, 9.17) is 0 Å². The fraction of sp³-hybridized carbons (Fsp3) is 0.105. The van der Waals surface area contributed by atoms with E-state index in [0.717, 1.165) is 5.69 Å². The summed E-state index contributed by atoms with van der Waals surface area (Å²) in [5, 5.41) is 16.4. The van der Waals surface area contributed by atoms with Gasteiger partial charge in [-0.25, -0.2) is 9.48 Å². The Bertz CT molecular complexity index is 873. The molecule has 6 heteroatoms. The number of carboxylic acid groups (broad SMARTS) is 1. The number of carbonyl (C=O) groups excluding carboxylic acids is 1. The molecule has 0 aliphatic rings. The molecular weight excluding hydrogens is 318 g/mol. The number of aromatic carboxylic acids is 1. The van der Waals surface area contributed by atoms with Crippen molar-refractivity contribution >= 4 is 11.9 Å². The molecule has 0 saturated heterocycles. The Balaban J connectivity index is 1.76. The van der Waals surface area contributed by atoms with E-state index in [9.17, 15) is 14.7 Å². The molecule has 0 spiro atoms. The van der Waals surface area contributed by atoms with Crippen LogP contribution in [0.25, 0.3) is 5.69 Å². The summed E-state index contributed by atoms with van der Waals surface area (Å²) in [4.78, 5) is 23.5. The van der Waals surface area contributed by atoms with Gasteiger partial charge in [-0.3, -0.25) is 4.79 Å². The molecule has 2 N–H and O–H groups in total. The lowest BCUT2D eigenvalue weighted by molar-refractivity contribution is 0.0695. The van der Waals surface area contributed by atoms with Gasteiger partial charge >= 0.3 is 5.97 Å². The number of nitrogens with zero attached hydrogens (tertiary/aromatic N) is 2. The first kappa shape index (κ1) is 16.4. The first-order valence-electron chi connectivity index (χ1n) is 7.85. The van der Waals surface area contributed by atoms with E-state index < -0.39 is 5.97 Å². The summed E-state index contributed by atoms with van der Waals surface area (Å²) in [6.07, 6.45) is 1.69. The van der Waals surface area contributed by atoms with Crippen LogP contribution < -0.4 is 5.32 Å². The summed E-state index contributed by atoms with van der Waals surface area (Å²) in [6.45, 7) is 0.312. The summed E-state index contributed by atoms with van der Waals surface area (Å²) >= 11 is 0. The first-order chi connectivity index (χ1) is 12.2. The Labute approximate surface area is 144 Å². The number of amides is 1. The average Bonchev–Trinajstić information content (AvgIpc) is 3.07. The highest BCUT2D eigenvalue weighted by molar-refractivity contribution is 5.94. The number of para-hydroxylation sites is 1. The van der Waals surface area contributed by atoms with Crippen LogP contribution >= 0.6 is 0 Å². The SMILES string of the molecule is O=C(NCCc1c(C(=O)O)cnn1-c1ccccc1)c1ccccc1. The number of carbonyl (C=O) groups is 2. The normalized spacial score (nSPS) is 10.4. The van der Waals surface area contributed by atoms with Gasteiger partial charge in [-0.05, 0) is 24.3 Å². The summed E-state index contributed by atoms with van der Waals surface area (Å²) in [5.74, 6) is -1.23. The molecule has 1 heterocycles. The molecule has 6 nitrogen and oxygen atoms in total. The minimum absolute atomic E-state index is 0.137. The number of aromatic nitrogens is 2. The van der Waals surface area contributed by atoms with Crippen molar-refractivity contribution in [2.24, 2.45) is 0 Å². The van der Waals surface area contributed by atoms with E-state index in [1.54, 1.807) is 28.9 Å². The van der Waals surface area contributed by atoms with Crippen molar-refractivity contribution in [3.8, 4) is 5.69 Å². The van der Waals surface area contributed by atoms with Crippen LogP contribution in [0.1, 0.15) is 26.4 Å². The zero-order valence-corrected chi connectivity index (χ0v) is 13.4. The van der Waals surface area contributed by atoms with E-state index in [0.29, 0.717) is 24.2 Å². The van der Waals surface area contributed by atoms with E-state index in [1.165, 1.54) is 6.20 Å². The second kappa shape index (κ2) is 7.44. The van der Waals surface area contributed by atoms with Crippen molar-refractivity contribution in [2.75, 3.05) is 6.54 Å². The lowest BCUT2D eigenvalue weighted by Crippen LogP contribution is -2.26. The quantitative estimate of drug-likeness (QED) is 0.725. The third-order valence-corrected chi connectivity index (χ3v) is 3.78. The van der Waals surface area contributed by atoms with E-state index in [1.807, 2.05) is 36.4 Å². The van der Waals surface area contributed by atoms with Gasteiger partial charge in [-0.1, -0.05) is 36.4 Å². The molecule has 0 saturated carbocycles. The molecule has 0 atom stereocenters. The van der Waals surface area contributed by atoms with Gasteiger partial charge in [-0.2, -0.15) is 5.10 Å². The number of hydrogen-bond acceptors (Lipinski definition) is 3. The average molecular weight is 335 g/mol. The number of nitrogens with one attached hydrogen (secondary N) is 1. The largest absolute Gasteiger partial charge is 0.478 e. The molecule has 2 aromatic carbocycles. The van der Waals surface area contributed by atoms with Gasteiger partial charge in [0, 0.05) is 18.5 Å². The number of carboxylic acids is 1. The third-order valence-electron chi connectivity index (χ3n) is 3.78. The molecule has 0 aliphatic carbocycles. The standard InChI is InChI=1S/C19H17N3O3/c23-18(14-7-3-1-4-8-14)20-12-11-17-16(19(24)25)13-21-22(17)15-9-5-2-6-10-15/h1-10,13H,11-12H2,(H,20,23)(H,24,25). The lowest BCUT2D eigenvalue weighted by Gasteiger charge is -2.10. The predicted octanol–water partition coefficient (Wildman–Crippen LogP) is 2.54. The molecule has 1 aromatic heterocycles.